The number of likely N-dealkylation sites (tertiary alicyclic amines) is 1. The predicted octanol–water partition coefficient (Wildman–Crippen LogP) is 1.96. The number of amides is 2. The van der Waals surface area contributed by atoms with Gasteiger partial charge in [-0.05, 0) is 56.5 Å². The summed E-state index contributed by atoms with van der Waals surface area (Å²) >= 11 is 0. The van der Waals surface area contributed by atoms with Gasteiger partial charge in [0.15, 0.2) is 0 Å². The molecule has 0 saturated carbocycles. The molecule has 2 heterocycles. The lowest BCUT2D eigenvalue weighted by Crippen LogP contribution is -2.43. The van der Waals surface area contributed by atoms with E-state index in [-0.39, 0.29) is 24.4 Å². The summed E-state index contributed by atoms with van der Waals surface area (Å²) in [7, 11) is 0. The van der Waals surface area contributed by atoms with Crippen LogP contribution in [0.25, 0.3) is 0 Å². The number of nitrogens with two attached hydrogens (primary N) is 1. The summed E-state index contributed by atoms with van der Waals surface area (Å²) in [4.78, 5) is 27.9. The van der Waals surface area contributed by atoms with Gasteiger partial charge in [-0.1, -0.05) is 12.8 Å². The van der Waals surface area contributed by atoms with Gasteiger partial charge in [0.25, 0.3) is 0 Å². The Balaban J connectivity index is 1.54. The van der Waals surface area contributed by atoms with Crippen LogP contribution >= 0.6 is 0 Å². The molecule has 6 heteroatoms. The largest absolute Gasteiger partial charge is 0.372 e. The second-order valence-electron chi connectivity index (χ2n) is 7.03. The molecule has 1 unspecified atom stereocenters. The Morgan fingerprint density at radius 2 is 1.68 bits per heavy atom. The molecule has 2 saturated heterocycles. The SMILES string of the molecule is NC(=O)C1CCCN1CC(=O)Nc1ccc(N2CCCCCC2)cc1. The minimum absolute atomic E-state index is 0.101. The van der Waals surface area contributed by atoms with Crippen LogP contribution in [0.2, 0.25) is 0 Å². The monoisotopic (exact) mass is 344 g/mol. The van der Waals surface area contributed by atoms with E-state index in [4.69, 9.17) is 5.73 Å². The molecule has 0 radical (unpaired) electrons. The number of carbonyl (C=O) groups excluding carboxylic acids is 2. The van der Waals surface area contributed by atoms with Gasteiger partial charge in [0.1, 0.15) is 0 Å². The van der Waals surface area contributed by atoms with Gasteiger partial charge in [0.2, 0.25) is 11.8 Å². The Morgan fingerprint density at radius 1 is 1.00 bits per heavy atom. The molecule has 0 bridgehead atoms. The molecule has 25 heavy (non-hydrogen) atoms. The second kappa shape index (κ2) is 8.34. The molecule has 0 aromatic heterocycles. The number of nitrogens with zero attached hydrogens (tertiary/aromatic N) is 2. The van der Waals surface area contributed by atoms with E-state index < -0.39 is 0 Å². The van der Waals surface area contributed by atoms with Crippen LogP contribution in [0.3, 0.4) is 0 Å². The van der Waals surface area contributed by atoms with E-state index in [9.17, 15) is 9.59 Å². The number of rotatable bonds is 5. The highest BCUT2D eigenvalue weighted by Crippen LogP contribution is 2.22. The van der Waals surface area contributed by atoms with Crippen molar-refractivity contribution < 1.29 is 9.59 Å². The Bertz CT molecular complexity index is 594. The number of carbonyl (C=O) groups is 2. The van der Waals surface area contributed by atoms with E-state index in [0.29, 0.717) is 0 Å². The molecular formula is C19H28N4O2. The average molecular weight is 344 g/mol. The normalized spacial score (nSPS) is 21.8. The lowest BCUT2D eigenvalue weighted by molar-refractivity contribution is -0.123. The fourth-order valence-electron chi connectivity index (χ4n) is 3.81. The van der Waals surface area contributed by atoms with Crippen molar-refractivity contribution in [1.82, 2.24) is 4.90 Å². The summed E-state index contributed by atoms with van der Waals surface area (Å²) < 4.78 is 0. The first-order valence-electron chi connectivity index (χ1n) is 9.32. The number of primary amides is 1. The van der Waals surface area contributed by atoms with Crippen LogP contribution < -0.4 is 16.0 Å². The fourth-order valence-corrected chi connectivity index (χ4v) is 3.81. The van der Waals surface area contributed by atoms with E-state index in [1.807, 2.05) is 17.0 Å². The summed E-state index contributed by atoms with van der Waals surface area (Å²) in [6.45, 7) is 3.17. The third-order valence-electron chi connectivity index (χ3n) is 5.16. The highest BCUT2D eigenvalue weighted by molar-refractivity contribution is 5.93. The van der Waals surface area contributed by atoms with Gasteiger partial charge in [0, 0.05) is 24.5 Å². The van der Waals surface area contributed by atoms with Crippen LogP contribution in [0.5, 0.6) is 0 Å². The third-order valence-corrected chi connectivity index (χ3v) is 5.16. The molecular weight excluding hydrogens is 316 g/mol. The highest BCUT2D eigenvalue weighted by Gasteiger charge is 2.30. The Kier molecular flexibility index (Phi) is 5.91. The highest BCUT2D eigenvalue weighted by atomic mass is 16.2. The summed E-state index contributed by atoms with van der Waals surface area (Å²) in [6, 6.07) is 7.74. The number of benzene rings is 1. The summed E-state index contributed by atoms with van der Waals surface area (Å²) in [5, 5.41) is 2.92. The van der Waals surface area contributed by atoms with Crippen molar-refractivity contribution >= 4 is 23.2 Å². The number of anilines is 2. The lowest BCUT2D eigenvalue weighted by Gasteiger charge is -2.23. The van der Waals surface area contributed by atoms with Crippen LogP contribution in [0.15, 0.2) is 24.3 Å². The number of hydrogen-bond donors (Lipinski definition) is 2. The minimum atomic E-state index is -0.341. The van der Waals surface area contributed by atoms with E-state index >= 15 is 0 Å². The van der Waals surface area contributed by atoms with Gasteiger partial charge >= 0.3 is 0 Å². The van der Waals surface area contributed by atoms with Crippen molar-refractivity contribution in [3.8, 4) is 0 Å². The molecule has 2 amide bonds. The average Bonchev–Trinajstić information content (AvgIpc) is 2.88. The molecule has 136 valence electrons. The van der Waals surface area contributed by atoms with Crippen LogP contribution in [-0.4, -0.2) is 48.9 Å². The van der Waals surface area contributed by atoms with Gasteiger partial charge in [-0.3, -0.25) is 14.5 Å². The molecule has 0 aliphatic carbocycles. The summed E-state index contributed by atoms with van der Waals surface area (Å²) in [6.07, 6.45) is 6.77. The molecule has 6 nitrogen and oxygen atoms in total. The molecule has 3 rings (SSSR count). The first kappa shape index (κ1) is 17.7. The zero-order chi connectivity index (χ0) is 17.6. The number of hydrogen-bond acceptors (Lipinski definition) is 4. The maximum atomic E-state index is 12.3. The Morgan fingerprint density at radius 3 is 2.32 bits per heavy atom. The smallest absolute Gasteiger partial charge is 0.238 e. The predicted molar refractivity (Wildman–Crippen MR) is 99.5 cm³/mol. The van der Waals surface area contributed by atoms with E-state index in [2.05, 4.69) is 22.3 Å². The molecule has 2 fully saturated rings. The molecule has 1 aromatic rings. The number of nitrogens with one attached hydrogen (secondary N) is 1. The quantitative estimate of drug-likeness (QED) is 0.856. The van der Waals surface area contributed by atoms with Crippen LogP contribution in [0, 0.1) is 0 Å². The van der Waals surface area contributed by atoms with Crippen molar-refractivity contribution in [3.05, 3.63) is 24.3 Å². The standard InChI is InChI=1S/C19H28N4O2/c20-19(25)17-6-5-13-23(17)14-18(24)21-15-7-9-16(10-8-15)22-11-3-1-2-4-12-22/h7-10,17H,1-6,11-14H2,(H2,20,25)(H,21,24). The first-order chi connectivity index (χ1) is 12.1. The van der Waals surface area contributed by atoms with Gasteiger partial charge in [-0.15, -0.1) is 0 Å². The van der Waals surface area contributed by atoms with Crippen molar-refractivity contribution in [1.29, 1.82) is 0 Å². The van der Waals surface area contributed by atoms with Gasteiger partial charge in [-0.2, -0.15) is 0 Å². The van der Waals surface area contributed by atoms with Crippen LogP contribution in [-0.2, 0) is 9.59 Å². The van der Waals surface area contributed by atoms with Crippen molar-refractivity contribution in [2.24, 2.45) is 5.73 Å². The minimum Gasteiger partial charge on any atom is -0.372 e. The Labute approximate surface area is 149 Å². The fraction of sp³-hybridized carbons (Fsp3) is 0.579. The van der Waals surface area contributed by atoms with E-state index in [1.54, 1.807) is 0 Å². The van der Waals surface area contributed by atoms with Crippen LogP contribution in [0.4, 0.5) is 11.4 Å². The molecule has 2 aliphatic heterocycles. The summed E-state index contributed by atoms with van der Waals surface area (Å²) in [5.74, 6) is -0.442. The zero-order valence-electron chi connectivity index (χ0n) is 14.7. The van der Waals surface area contributed by atoms with Gasteiger partial charge in [-0.25, -0.2) is 0 Å². The maximum absolute atomic E-state index is 12.3. The van der Waals surface area contributed by atoms with Crippen molar-refractivity contribution in [3.63, 3.8) is 0 Å². The zero-order valence-corrected chi connectivity index (χ0v) is 14.7. The lowest BCUT2D eigenvalue weighted by atomic mass is 10.2. The maximum Gasteiger partial charge on any atom is 0.238 e. The second-order valence-corrected chi connectivity index (χ2v) is 7.03. The molecule has 1 aromatic carbocycles. The third kappa shape index (κ3) is 4.72. The van der Waals surface area contributed by atoms with Gasteiger partial charge < -0.3 is 16.0 Å². The molecule has 1 atom stereocenters. The van der Waals surface area contributed by atoms with Crippen molar-refractivity contribution in [2.45, 2.75) is 44.6 Å². The van der Waals surface area contributed by atoms with E-state index in [1.165, 1.54) is 31.4 Å². The van der Waals surface area contributed by atoms with Gasteiger partial charge in [0.05, 0.1) is 12.6 Å². The molecule has 3 N–H and O–H groups in total. The topological polar surface area (TPSA) is 78.7 Å². The van der Waals surface area contributed by atoms with E-state index in [0.717, 1.165) is 38.2 Å². The van der Waals surface area contributed by atoms with Crippen LogP contribution in [0.1, 0.15) is 38.5 Å². The Hall–Kier alpha value is -2.08. The first-order valence-corrected chi connectivity index (χ1v) is 9.32. The summed E-state index contributed by atoms with van der Waals surface area (Å²) in [5.41, 5.74) is 7.40. The van der Waals surface area contributed by atoms with Crippen molar-refractivity contribution in [2.75, 3.05) is 36.4 Å². The molecule has 2 aliphatic rings. The molecule has 0 spiro atoms.